The molecule has 0 N–H and O–H groups in total. The number of amides is 1. The summed E-state index contributed by atoms with van der Waals surface area (Å²) in [5.74, 6) is 1.78. The second-order valence-corrected chi connectivity index (χ2v) is 8.62. The highest BCUT2D eigenvalue weighted by molar-refractivity contribution is 5.83. The lowest BCUT2D eigenvalue weighted by Crippen LogP contribution is -2.49. The van der Waals surface area contributed by atoms with Gasteiger partial charge in [0.05, 0.1) is 5.92 Å². The molecule has 5 rings (SSSR count). The third-order valence-corrected chi connectivity index (χ3v) is 6.89. The maximum atomic E-state index is 13.4. The number of fused-ring (bicyclic) bond motifs is 1. The molecule has 1 amide bonds. The van der Waals surface area contributed by atoms with Gasteiger partial charge in [0, 0.05) is 43.6 Å². The van der Waals surface area contributed by atoms with E-state index in [9.17, 15) is 4.79 Å². The second-order valence-electron chi connectivity index (χ2n) is 8.62. The van der Waals surface area contributed by atoms with E-state index >= 15 is 0 Å². The summed E-state index contributed by atoms with van der Waals surface area (Å²) < 4.78 is 2.14. The van der Waals surface area contributed by atoms with Crippen LogP contribution in [0.5, 0.6) is 0 Å². The van der Waals surface area contributed by atoms with Gasteiger partial charge in [-0.05, 0) is 63.7 Å². The van der Waals surface area contributed by atoms with Crippen molar-refractivity contribution in [3.63, 3.8) is 0 Å². The fourth-order valence-corrected chi connectivity index (χ4v) is 5.28. The molecular formula is C22H30N6O. The van der Waals surface area contributed by atoms with Crippen LogP contribution in [0.15, 0.2) is 24.5 Å². The van der Waals surface area contributed by atoms with Crippen molar-refractivity contribution in [1.82, 2.24) is 29.5 Å². The minimum atomic E-state index is -0.154. The monoisotopic (exact) mass is 394 g/mol. The van der Waals surface area contributed by atoms with Gasteiger partial charge in [-0.1, -0.05) is 6.42 Å². The van der Waals surface area contributed by atoms with Crippen LogP contribution >= 0.6 is 0 Å². The Balaban J connectivity index is 1.28. The number of nitrogens with zero attached hydrogens (tertiary/aromatic N) is 6. The van der Waals surface area contributed by atoms with E-state index in [1.807, 2.05) is 12.1 Å². The van der Waals surface area contributed by atoms with E-state index in [0.717, 1.165) is 62.5 Å². The van der Waals surface area contributed by atoms with Crippen molar-refractivity contribution < 1.29 is 4.79 Å². The van der Waals surface area contributed by atoms with Crippen LogP contribution < -0.4 is 0 Å². The highest BCUT2D eigenvalue weighted by atomic mass is 16.2. The van der Waals surface area contributed by atoms with Crippen molar-refractivity contribution in [2.45, 2.75) is 63.5 Å². The first kappa shape index (κ1) is 18.7. The number of rotatable bonds is 3. The SMILES string of the molecule is O=C(C1CCCn2c(-c3ccncc3)nnc21)N1CCC(N2CCCCC2)CC1. The molecule has 0 aliphatic carbocycles. The first-order chi connectivity index (χ1) is 14.3. The molecule has 1 unspecified atom stereocenters. The van der Waals surface area contributed by atoms with Crippen molar-refractivity contribution in [1.29, 1.82) is 0 Å². The molecule has 0 bridgehead atoms. The predicted octanol–water partition coefficient (Wildman–Crippen LogP) is 2.69. The van der Waals surface area contributed by atoms with E-state index in [1.165, 1.54) is 32.4 Å². The van der Waals surface area contributed by atoms with Gasteiger partial charge >= 0.3 is 0 Å². The van der Waals surface area contributed by atoms with E-state index in [4.69, 9.17) is 0 Å². The Labute approximate surface area is 172 Å². The van der Waals surface area contributed by atoms with Crippen molar-refractivity contribution in [2.24, 2.45) is 0 Å². The average molecular weight is 395 g/mol. The fraction of sp³-hybridized carbons (Fsp3) is 0.636. The molecule has 0 saturated carbocycles. The van der Waals surface area contributed by atoms with E-state index in [1.54, 1.807) is 12.4 Å². The quantitative estimate of drug-likeness (QED) is 0.801. The number of likely N-dealkylation sites (tertiary alicyclic amines) is 2. The lowest BCUT2D eigenvalue weighted by atomic mass is 9.94. The Morgan fingerprint density at radius 1 is 0.862 bits per heavy atom. The van der Waals surface area contributed by atoms with Gasteiger partial charge in [0.15, 0.2) is 5.82 Å². The largest absolute Gasteiger partial charge is 0.342 e. The number of carbonyl (C=O) groups is 1. The fourth-order valence-electron chi connectivity index (χ4n) is 5.28. The predicted molar refractivity (Wildman–Crippen MR) is 110 cm³/mol. The van der Waals surface area contributed by atoms with Crippen LogP contribution in [-0.2, 0) is 11.3 Å². The van der Waals surface area contributed by atoms with Gasteiger partial charge in [-0.25, -0.2) is 0 Å². The van der Waals surface area contributed by atoms with Crippen LogP contribution in [0.25, 0.3) is 11.4 Å². The zero-order chi connectivity index (χ0) is 19.6. The van der Waals surface area contributed by atoms with Crippen molar-refractivity contribution in [2.75, 3.05) is 26.2 Å². The molecule has 2 aromatic heterocycles. The average Bonchev–Trinajstić information content (AvgIpc) is 3.24. The Hall–Kier alpha value is -2.28. The summed E-state index contributed by atoms with van der Waals surface area (Å²) in [6.45, 7) is 5.11. The van der Waals surface area contributed by atoms with E-state index in [0.29, 0.717) is 6.04 Å². The molecule has 1 atom stereocenters. The highest BCUT2D eigenvalue weighted by Gasteiger charge is 2.36. The van der Waals surface area contributed by atoms with Crippen molar-refractivity contribution in [3.05, 3.63) is 30.4 Å². The standard InChI is InChI=1S/C22H30N6O/c29-22(27-15-8-18(9-16-27)26-12-2-1-3-13-26)19-5-4-14-28-20(24-25-21(19)28)17-6-10-23-11-7-17/h6-7,10-11,18-19H,1-5,8-9,12-16H2. The van der Waals surface area contributed by atoms with Gasteiger partial charge in [0.1, 0.15) is 5.82 Å². The summed E-state index contributed by atoms with van der Waals surface area (Å²) in [6.07, 6.45) is 11.7. The lowest BCUT2D eigenvalue weighted by Gasteiger charge is -2.41. The number of hydrogen-bond acceptors (Lipinski definition) is 5. The number of hydrogen-bond donors (Lipinski definition) is 0. The van der Waals surface area contributed by atoms with Crippen molar-refractivity contribution >= 4 is 5.91 Å². The third-order valence-electron chi connectivity index (χ3n) is 6.89. The minimum absolute atomic E-state index is 0.154. The van der Waals surface area contributed by atoms with Crippen LogP contribution in [0.3, 0.4) is 0 Å². The molecule has 5 heterocycles. The van der Waals surface area contributed by atoms with Gasteiger partial charge in [0.25, 0.3) is 0 Å². The smallest absolute Gasteiger partial charge is 0.233 e. The number of pyridine rings is 1. The summed E-state index contributed by atoms with van der Waals surface area (Å²) in [5, 5.41) is 8.88. The first-order valence-corrected chi connectivity index (χ1v) is 11.2. The molecule has 2 aromatic rings. The van der Waals surface area contributed by atoms with Gasteiger partial charge in [-0.3, -0.25) is 9.78 Å². The molecule has 3 aliphatic heterocycles. The Morgan fingerprint density at radius 2 is 1.62 bits per heavy atom. The molecular weight excluding hydrogens is 364 g/mol. The second kappa shape index (κ2) is 8.22. The molecule has 154 valence electrons. The van der Waals surface area contributed by atoms with E-state index in [2.05, 4.69) is 29.5 Å². The van der Waals surface area contributed by atoms with Crippen molar-refractivity contribution in [3.8, 4) is 11.4 Å². The molecule has 29 heavy (non-hydrogen) atoms. The van der Waals surface area contributed by atoms with E-state index in [-0.39, 0.29) is 11.8 Å². The third kappa shape index (κ3) is 3.68. The number of piperidine rings is 2. The molecule has 2 saturated heterocycles. The maximum absolute atomic E-state index is 13.4. The summed E-state index contributed by atoms with van der Waals surface area (Å²) in [7, 11) is 0. The van der Waals surface area contributed by atoms with Gasteiger partial charge in [-0.15, -0.1) is 10.2 Å². The molecule has 7 nitrogen and oxygen atoms in total. The highest BCUT2D eigenvalue weighted by Crippen LogP contribution is 2.32. The molecule has 3 aliphatic rings. The summed E-state index contributed by atoms with van der Waals surface area (Å²) in [6, 6.07) is 4.56. The normalized spacial score (nSPS) is 23.7. The molecule has 7 heteroatoms. The summed E-state index contributed by atoms with van der Waals surface area (Å²) in [5.41, 5.74) is 1.01. The zero-order valence-electron chi connectivity index (χ0n) is 17.0. The Morgan fingerprint density at radius 3 is 2.38 bits per heavy atom. The van der Waals surface area contributed by atoms with Crippen LogP contribution in [0, 0.1) is 0 Å². The van der Waals surface area contributed by atoms with Crippen LogP contribution in [0.1, 0.15) is 56.7 Å². The lowest BCUT2D eigenvalue weighted by molar-refractivity contribution is -0.135. The Kier molecular flexibility index (Phi) is 5.31. The van der Waals surface area contributed by atoms with Gasteiger partial charge < -0.3 is 14.4 Å². The Bertz CT molecular complexity index is 836. The van der Waals surface area contributed by atoms with Crippen LogP contribution in [0.2, 0.25) is 0 Å². The summed E-state index contributed by atoms with van der Waals surface area (Å²) in [4.78, 5) is 22.2. The molecule has 2 fully saturated rings. The first-order valence-electron chi connectivity index (χ1n) is 11.2. The minimum Gasteiger partial charge on any atom is -0.342 e. The van der Waals surface area contributed by atoms with Crippen LogP contribution in [0.4, 0.5) is 0 Å². The maximum Gasteiger partial charge on any atom is 0.233 e. The van der Waals surface area contributed by atoms with Gasteiger partial charge in [-0.2, -0.15) is 0 Å². The number of aromatic nitrogens is 4. The zero-order valence-corrected chi connectivity index (χ0v) is 17.0. The van der Waals surface area contributed by atoms with Gasteiger partial charge in [0.2, 0.25) is 5.91 Å². The molecule has 0 aromatic carbocycles. The molecule has 0 spiro atoms. The molecule has 0 radical (unpaired) electrons. The van der Waals surface area contributed by atoms with Crippen LogP contribution in [-0.4, -0.2) is 67.7 Å². The topological polar surface area (TPSA) is 67.2 Å². The summed E-state index contributed by atoms with van der Waals surface area (Å²) >= 11 is 0. The van der Waals surface area contributed by atoms with E-state index < -0.39 is 0 Å². The number of carbonyl (C=O) groups excluding carboxylic acids is 1.